The molecule has 1 unspecified atom stereocenters. The molecule has 0 saturated heterocycles. The van der Waals surface area contributed by atoms with Crippen molar-refractivity contribution in [3.8, 4) is 0 Å². The van der Waals surface area contributed by atoms with E-state index in [9.17, 15) is 18.0 Å². The third kappa shape index (κ3) is 3.06. The molecule has 2 aromatic heterocycles. The molecule has 0 radical (unpaired) electrons. The first kappa shape index (κ1) is 15.9. The van der Waals surface area contributed by atoms with E-state index in [1.807, 2.05) is 0 Å². The maximum atomic E-state index is 12.4. The highest BCUT2D eigenvalue weighted by Crippen LogP contribution is 2.16. The van der Waals surface area contributed by atoms with Crippen molar-refractivity contribution in [2.24, 2.45) is 0 Å². The van der Waals surface area contributed by atoms with Gasteiger partial charge in [0.25, 0.3) is 15.8 Å². The van der Waals surface area contributed by atoms with Crippen molar-refractivity contribution in [1.82, 2.24) is 29.8 Å². The zero-order valence-corrected chi connectivity index (χ0v) is 13.0. The van der Waals surface area contributed by atoms with Gasteiger partial charge in [0.2, 0.25) is 11.6 Å². The van der Waals surface area contributed by atoms with Crippen LogP contribution in [0.4, 0.5) is 0 Å². The van der Waals surface area contributed by atoms with Gasteiger partial charge >= 0.3 is 0 Å². The van der Waals surface area contributed by atoms with Gasteiger partial charge in [-0.05, 0) is 17.7 Å². The van der Waals surface area contributed by atoms with E-state index in [-0.39, 0.29) is 17.9 Å². The van der Waals surface area contributed by atoms with E-state index in [0.717, 1.165) is 4.09 Å². The standard InChI is InChI=1S/C13H12N6O4S/c20-11(12(21)13-14-17-18-15-13)8-9-6-7-19(16-9)24(22,23)10-4-2-1-3-5-10/h1-4,6-7,10H,5,8H2,(H,14,15,17,18). The Kier molecular flexibility index (Phi) is 4.16. The minimum Gasteiger partial charge on any atom is -0.290 e. The summed E-state index contributed by atoms with van der Waals surface area (Å²) in [5.74, 6) is -2.06. The predicted molar refractivity (Wildman–Crippen MR) is 80.4 cm³/mol. The first-order valence-corrected chi connectivity index (χ1v) is 8.42. The zero-order valence-electron chi connectivity index (χ0n) is 12.2. The number of nitrogens with zero attached hydrogens (tertiary/aromatic N) is 5. The summed E-state index contributed by atoms with van der Waals surface area (Å²) >= 11 is 0. The summed E-state index contributed by atoms with van der Waals surface area (Å²) in [5, 5.41) is 15.3. The molecular weight excluding hydrogens is 336 g/mol. The predicted octanol–water partition coefficient (Wildman–Crippen LogP) is -0.547. The molecule has 124 valence electrons. The van der Waals surface area contributed by atoms with Crippen LogP contribution < -0.4 is 0 Å². The van der Waals surface area contributed by atoms with Gasteiger partial charge in [-0.15, -0.1) is 10.2 Å². The fraction of sp³-hybridized carbons (Fsp3) is 0.231. The lowest BCUT2D eigenvalue weighted by Crippen LogP contribution is -2.27. The molecule has 1 aliphatic carbocycles. The molecule has 0 aliphatic heterocycles. The molecule has 24 heavy (non-hydrogen) atoms. The lowest BCUT2D eigenvalue weighted by molar-refractivity contribution is -0.114. The molecule has 0 amide bonds. The number of carbonyl (C=O) groups excluding carboxylic acids is 2. The summed E-state index contributed by atoms with van der Waals surface area (Å²) < 4.78 is 25.7. The summed E-state index contributed by atoms with van der Waals surface area (Å²) in [6, 6.07) is 1.38. The Morgan fingerprint density at radius 2 is 2.17 bits per heavy atom. The number of rotatable bonds is 6. The van der Waals surface area contributed by atoms with Crippen molar-refractivity contribution >= 4 is 21.6 Å². The number of Topliss-reactive ketones (excluding diaryl/α,β-unsaturated/α-hetero) is 2. The Bertz CT molecular complexity index is 926. The number of aromatic amines is 1. The van der Waals surface area contributed by atoms with Gasteiger partial charge in [-0.25, -0.2) is 8.42 Å². The number of H-pyrrole nitrogens is 1. The molecule has 0 saturated carbocycles. The highest BCUT2D eigenvalue weighted by Gasteiger charge is 2.27. The lowest BCUT2D eigenvalue weighted by atomic mass is 10.1. The van der Waals surface area contributed by atoms with E-state index in [1.54, 1.807) is 24.3 Å². The Morgan fingerprint density at radius 1 is 1.33 bits per heavy atom. The number of allylic oxidation sites excluding steroid dienone is 3. The van der Waals surface area contributed by atoms with Gasteiger partial charge in [0, 0.05) is 6.20 Å². The van der Waals surface area contributed by atoms with Crippen LogP contribution in [0.25, 0.3) is 0 Å². The smallest absolute Gasteiger partial charge is 0.269 e. The molecule has 10 nitrogen and oxygen atoms in total. The summed E-state index contributed by atoms with van der Waals surface area (Å²) in [7, 11) is -3.71. The van der Waals surface area contributed by atoms with Gasteiger partial charge < -0.3 is 0 Å². The van der Waals surface area contributed by atoms with Crippen LogP contribution in [-0.4, -0.2) is 55.0 Å². The highest BCUT2D eigenvalue weighted by atomic mass is 32.2. The first-order chi connectivity index (χ1) is 11.5. The Morgan fingerprint density at radius 3 is 2.83 bits per heavy atom. The van der Waals surface area contributed by atoms with Gasteiger partial charge in [-0.2, -0.15) is 14.4 Å². The maximum absolute atomic E-state index is 12.4. The monoisotopic (exact) mass is 348 g/mol. The number of hydrogen-bond acceptors (Lipinski definition) is 8. The quantitative estimate of drug-likeness (QED) is 0.542. The topological polar surface area (TPSA) is 141 Å². The minimum atomic E-state index is -3.71. The normalized spacial score (nSPS) is 17.1. The van der Waals surface area contributed by atoms with Crippen LogP contribution in [0.3, 0.4) is 0 Å². The van der Waals surface area contributed by atoms with Crippen molar-refractivity contribution in [1.29, 1.82) is 0 Å². The maximum Gasteiger partial charge on any atom is 0.269 e. The molecule has 0 bridgehead atoms. The number of hydrogen-bond donors (Lipinski definition) is 1. The van der Waals surface area contributed by atoms with Crippen LogP contribution >= 0.6 is 0 Å². The average Bonchev–Trinajstić information content (AvgIpc) is 3.27. The number of aromatic nitrogens is 6. The van der Waals surface area contributed by atoms with Crippen LogP contribution in [0.1, 0.15) is 22.7 Å². The average molecular weight is 348 g/mol. The Labute approximate surface area is 136 Å². The van der Waals surface area contributed by atoms with E-state index in [2.05, 4.69) is 25.7 Å². The van der Waals surface area contributed by atoms with Gasteiger partial charge in [0.15, 0.2) is 0 Å². The molecule has 3 rings (SSSR count). The van der Waals surface area contributed by atoms with Gasteiger partial charge in [0.05, 0.1) is 12.1 Å². The van der Waals surface area contributed by atoms with E-state index >= 15 is 0 Å². The van der Waals surface area contributed by atoms with Crippen molar-refractivity contribution < 1.29 is 18.0 Å². The van der Waals surface area contributed by atoms with Gasteiger partial charge in [-0.3, -0.25) is 9.59 Å². The van der Waals surface area contributed by atoms with Crippen molar-refractivity contribution in [2.75, 3.05) is 0 Å². The van der Waals surface area contributed by atoms with E-state index in [1.165, 1.54) is 12.3 Å². The third-order valence-corrected chi connectivity index (χ3v) is 5.19. The zero-order chi connectivity index (χ0) is 17.2. The summed E-state index contributed by atoms with van der Waals surface area (Å²) in [6.45, 7) is 0. The lowest BCUT2D eigenvalue weighted by Gasteiger charge is -2.13. The van der Waals surface area contributed by atoms with Crippen LogP contribution in [-0.2, 0) is 21.2 Å². The third-order valence-electron chi connectivity index (χ3n) is 3.35. The minimum absolute atomic E-state index is 0.163. The molecule has 2 heterocycles. The Balaban J connectivity index is 1.74. The summed E-state index contributed by atoms with van der Waals surface area (Å²) in [4.78, 5) is 23.6. The summed E-state index contributed by atoms with van der Waals surface area (Å²) in [5.41, 5.74) is 0.163. The van der Waals surface area contributed by atoms with Gasteiger partial charge in [0.1, 0.15) is 5.25 Å². The Hall–Kier alpha value is -2.95. The molecule has 0 spiro atoms. The number of ketones is 2. The van der Waals surface area contributed by atoms with Crippen molar-refractivity contribution in [3.63, 3.8) is 0 Å². The van der Waals surface area contributed by atoms with Crippen LogP contribution in [0.15, 0.2) is 36.6 Å². The molecule has 1 N–H and O–H groups in total. The first-order valence-electron chi connectivity index (χ1n) is 6.92. The molecular formula is C13H12N6O4S. The number of carbonyl (C=O) groups is 2. The number of tetrazole rings is 1. The molecule has 1 aliphatic rings. The van der Waals surface area contributed by atoms with Gasteiger partial charge in [-0.1, -0.05) is 24.3 Å². The van der Waals surface area contributed by atoms with E-state index < -0.39 is 26.8 Å². The number of nitrogens with one attached hydrogen (secondary N) is 1. The van der Waals surface area contributed by atoms with Crippen molar-refractivity contribution in [3.05, 3.63) is 48.1 Å². The second-order valence-electron chi connectivity index (χ2n) is 4.98. The second kappa shape index (κ2) is 6.28. The SMILES string of the molecule is O=C(Cc1ccn(S(=O)(=O)C2C=CC=CC2)n1)C(=O)c1nn[nH]n1. The molecule has 0 fully saturated rings. The molecule has 1 atom stereocenters. The fourth-order valence-electron chi connectivity index (χ4n) is 2.12. The molecule has 2 aromatic rings. The van der Waals surface area contributed by atoms with Crippen LogP contribution in [0.5, 0.6) is 0 Å². The van der Waals surface area contributed by atoms with Crippen LogP contribution in [0.2, 0.25) is 0 Å². The van der Waals surface area contributed by atoms with E-state index in [0.29, 0.717) is 6.42 Å². The van der Waals surface area contributed by atoms with Crippen LogP contribution in [0, 0.1) is 0 Å². The highest BCUT2D eigenvalue weighted by molar-refractivity contribution is 7.90. The molecule has 11 heteroatoms. The summed E-state index contributed by atoms with van der Waals surface area (Å²) in [6.07, 6.45) is 8.00. The molecule has 0 aromatic carbocycles. The second-order valence-corrected chi connectivity index (χ2v) is 6.99. The fourth-order valence-corrected chi connectivity index (χ4v) is 3.49. The van der Waals surface area contributed by atoms with E-state index in [4.69, 9.17) is 0 Å². The van der Waals surface area contributed by atoms with Crippen molar-refractivity contribution in [2.45, 2.75) is 18.1 Å². The largest absolute Gasteiger partial charge is 0.290 e.